The number of hydrogen-bond donors (Lipinski definition) is 1. The molecule has 0 spiro atoms. The summed E-state index contributed by atoms with van der Waals surface area (Å²) in [6, 6.07) is 17.0. The van der Waals surface area contributed by atoms with Gasteiger partial charge in [0.25, 0.3) is 11.1 Å². The van der Waals surface area contributed by atoms with Crippen LogP contribution in [0.4, 0.5) is 10.5 Å². The Hall–Kier alpha value is -2.77. The summed E-state index contributed by atoms with van der Waals surface area (Å²) >= 11 is 2.40. The number of hydrogen-bond acceptors (Lipinski definition) is 5. The number of allylic oxidation sites excluding steroid dienone is 2. The number of rotatable bonds is 6. The minimum atomic E-state index is -0.458. The smallest absolute Gasteiger partial charge is 0.294 e. The van der Waals surface area contributed by atoms with E-state index in [0.717, 1.165) is 27.1 Å². The maximum absolute atomic E-state index is 12.4. The molecule has 0 unspecified atom stereocenters. The Bertz CT molecular complexity index is 955. The van der Waals surface area contributed by atoms with Gasteiger partial charge in [-0.1, -0.05) is 48.6 Å². The second kappa shape index (κ2) is 9.43. The largest absolute Gasteiger partial charge is 0.324 e. The number of imide groups is 1. The topological polar surface area (TPSA) is 66.5 Å². The quantitative estimate of drug-likeness (QED) is 0.555. The number of amides is 3. The molecule has 2 aromatic rings. The average Bonchev–Trinajstić information content (AvgIpc) is 2.96. The van der Waals surface area contributed by atoms with Gasteiger partial charge in [-0.25, -0.2) is 0 Å². The second-order valence-electron chi connectivity index (χ2n) is 5.84. The molecule has 1 heterocycles. The number of carbonyl (C=O) groups is 3. The molecular formula is C21H18N2O3S2. The zero-order chi connectivity index (χ0) is 19.9. The van der Waals surface area contributed by atoms with E-state index in [1.165, 1.54) is 0 Å². The molecular weight excluding hydrogens is 392 g/mol. The molecule has 0 radical (unpaired) electrons. The van der Waals surface area contributed by atoms with Crippen LogP contribution in [0.15, 0.2) is 76.5 Å². The Morgan fingerprint density at radius 2 is 1.93 bits per heavy atom. The van der Waals surface area contributed by atoms with Crippen molar-refractivity contribution in [2.45, 2.75) is 4.90 Å². The number of nitrogens with one attached hydrogen (secondary N) is 1. The first-order chi connectivity index (χ1) is 13.6. The van der Waals surface area contributed by atoms with Gasteiger partial charge in [0.1, 0.15) is 6.54 Å². The molecule has 0 atom stereocenters. The third-order valence-corrected chi connectivity index (χ3v) is 5.52. The first-order valence-electron chi connectivity index (χ1n) is 8.48. The maximum Gasteiger partial charge on any atom is 0.294 e. The van der Waals surface area contributed by atoms with E-state index >= 15 is 0 Å². The first-order valence-corrected chi connectivity index (χ1v) is 10.5. The molecule has 2 aromatic carbocycles. The predicted molar refractivity (Wildman–Crippen MR) is 115 cm³/mol. The number of benzene rings is 2. The minimum absolute atomic E-state index is 0.300. The predicted octanol–water partition coefficient (Wildman–Crippen LogP) is 4.64. The Morgan fingerprint density at radius 1 is 1.14 bits per heavy atom. The van der Waals surface area contributed by atoms with Crippen molar-refractivity contribution in [3.63, 3.8) is 0 Å². The van der Waals surface area contributed by atoms with Crippen LogP contribution in [0.1, 0.15) is 5.56 Å². The van der Waals surface area contributed by atoms with E-state index in [9.17, 15) is 14.4 Å². The van der Waals surface area contributed by atoms with E-state index in [4.69, 9.17) is 0 Å². The molecule has 0 aromatic heterocycles. The first kappa shape index (κ1) is 20.0. The van der Waals surface area contributed by atoms with Crippen molar-refractivity contribution in [3.05, 3.63) is 77.2 Å². The third kappa shape index (κ3) is 5.15. The van der Waals surface area contributed by atoms with E-state index in [-0.39, 0.29) is 6.54 Å². The van der Waals surface area contributed by atoms with Crippen LogP contribution in [0, 0.1) is 0 Å². The lowest BCUT2D eigenvalue weighted by molar-refractivity contribution is -0.127. The van der Waals surface area contributed by atoms with Gasteiger partial charge >= 0.3 is 0 Å². The van der Waals surface area contributed by atoms with Gasteiger partial charge in [0, 0.05) is 10.6 Å². The molecule has 3 amide bonds. The fourth-order valence-electron chi connectivity index (χ4n) is 2.51. The molecule has 0 aliphatic carbocycles. The molecule has 1 aliphatic rings. The summed E-state index contributed by atoms with van der Waals surface area (Å²) in [4.78, 5) is 39.1. The molecule has 0 saturated carbocycles. The highest BCUT2D eigenvalue weighted by Crippen LogP contribution is 2.30. The van der Waals surface area contributed by atoms with Crippen LogP contribution < -0.4 is 5.32 Å². The molecule has 3 rings (SSSR count). The van der Waals surface area contributed by atoms with Crippen LogP contribution in [0.5, 0.6) is 0 Å². The fourth-order valence-corrected chi connectivity index (χ4v) is 3.76. The van der Waals surface area contributed by atoms with Crippen molar-refractivity contribution in [3.8, 4) is 0 Å². The molecule has 142 valence electrons. The van der Waals surface area contributed by atoms with Gasteiger partial charge in [0.2, 0.25) is 5.91 Å². The number of thioether (sulfide) groups is 2. The standard InChI is InChI=1S/C21H18N2O3S2/c1-27-17-11-6-10-16(13-17)22-19(24)14-23-20(25)18(28-21(23)26)12-5-9-15-7-3-2-4-8-15/h2-13H,14H2,1H3,(H,22,24)/b9-5+,18-12+. The van der Waals surface area contributed by atoms with Gasteiger partial charge in [0.05, 0.1) is 4.91 Å². The van der Waals surface area contributed by atoms with E-state index in [2.05, 4.69) is 5.32 Å². The molecule has 28 heavy (non-hydrogen) atoms. The van der Waals surface area contributed by atoms with Crippen LogP contribution in [-0.4, -0.2) is 34.8 Å². The summed E-state index contributed by atoms with van der Waals surface area (Å²) in [5, 5.41) is 2.28. The van der Waals surface area contributed by atoms with Crippen LogP contribution in [0.2, 0.25) is 0 Å². The van der Waals surface area contributed by atoms with E-state index in [1.54, 1.807) is 30.0 Å². The lowest BCUT2D eigenvalue weighted by Crippen LogP contribution is -2.36. The monoisotopic (exact) mass is 410 g/mol. The molecule has 1 aliphatic heterocycles. The van der Waals surface area contributed by atoms with Crippen LogP contribution in [0.3, 0.4) is 0 Å². The van der Waals surface area contributed by atoms with E-state index in [0.29, 0.717) is 10.6 Å². The highest BCUT2D eigenvalue weighted by atomic mass is 32.2. The van der Waals surface area contributed by atoms with Gasteiger partial charge in [-0.15, -0.1) is 11.8 Å². The summed E-state index contributed by atoms with van der Waals surface area (Å²) in [7, 11) is 0. The molecule has 7 heteroatoms. The normalized spacial score (nSPS) is 15.6. The van der Waals surface area contributed by atoms with Crippen molar-refractivity contribution in [2.75, 3.05) is 18.1 Å². The number of anilines is 1. The van der Waals surface area contributed by atoms with Gasteiger partial charge in [-0.05, 0) is 47.9 Å². The summed E-state index contributed by atoms with van der Waals surface area (Å²) in [5.74, 6) is -0.873. The number of nitrogens with zero attached hydrogens (tertiary/aromatic N) is 1. The van der Waals surface area contributed by atoms with Crippen molar-refractivity contribution < 1.29 is 14.4 Å². The fraction of sp³-hybridized carbons (Fsp3) is 0.0952. The van der Waals surface area contributed by atoms with Gasteiger partial charge in [0.15, 0.2) is 0 Å². The summed E-state index contributed by atoms with van der Waals surface area (Å²) in [6.45, 7) is -0.312. The third-order valence-electron chi connectivity index (χ3n) is 3.86. The Morgan fingerprint density at radius 3 is 2.68 bits per heavy atom. The second-order valence-corrected chi connectivity index (χ2v) is 7.71. The maximum atomic E-state index is 12.4. The van der Waals surface area contributed by atoms with Crippen molar-refractivity contribution in [1.82, 2.24) is 4.90 Å². The van der Waals surface area contributed by atoms with E-state index < -0.39 is 17.1 Å². The zero-order valence-electron chi connectivity index (χ0n) is 15.1. The highest BCUT2D eigenvalue weighted by Gasteiger charge is 2.35. The summed E-state index contributed by atoms with van der Waals surface area (Å²) in [5.41, 5.74) is 1.62. The Balaban J connectivity index is 1.62. The number of carbonyl (C=O) groups excluding carboxylic acids is 3. The van der Waals surface area contributed by atoms with Crippen LogP contribution in [-0.2, 0) is 9.59 Å². The Kier molecular flexibility index (Phi) is 6.73. The SMILES string of the molecule is CSc1cccc(NC(=O)CN2C(=O)S/C(=C/C=C/c3ccccc3)C2=O)c1. The summed E-state index contributed by atoms with van der Waals surface area (Å²) in [6.07, 6.45) is 7.11. The zero-order valence-corrected chi connectivity index (χ0v) is 16.8. The van der Waals surface area contributed by atoms with Crippen molar-refractivity contribution >= 4 is 52.3 Å². The van der Waals surface area contributed by atoms with Crippen LogP contribution >= 0.6 is 23.5 Å². The lowest BCUT2D eigenvalue weighted by Gasteiger charge is -2.12. The molecule has 1 fully saturated rings. The molecule has 1 saturated heterocycles. The highest BCUT2D eigenvalue weighted by molar-refractivity contribution is 8.18. The van der Waals surface area contributed by atoms with Crippen molar-refractivity contribution in [2.24, 2.45) is 0 Å². The lowest BCUT2D eigenvalue weighted by atomic mass is 10.2. The molecule has 1 N–H and O–H groups in total. The van der Waals surface area contributed by atoms with E-state index in [1.807, 2.05) is 60.9 Å². The molecule has 0 bridgehead atoms. The van der Waals surface area contributed by atoms with Crippen molar-refractivity contribution in [1.29, 1.82) is 0 Å². The minimum Gasteiger partial charge on any atom is -0.324 e. The average molecular weight is 411 g/mol. The van der Waals surface area contributed by atoms with Gasteiger partial charge in [-0.2, -0.15) is 0 Å². The van der Waals surface area contributed by atoms with Gasteiger partial charge in [-0.3, -0.25) is 19.3 Å². The molecule has 5 nitrogen and oxygen atoms in total. The van der Waals surface area contributed by atoms with Gasteiger partial charge < -0.3 is 5.32 Å². The summed E-state index contributed by atoms with van der Waals surface area (Å²) < 4.78 is 0. The Labute approximate surface area is 171 Å². The van der Waals surface area contributed by atoms with Crippen LogP contribution in [0.25, 0.3) is 6.08 Å².